The minimum atomic E-state index is -4.47. The minimum absolute atomic E-state index is 0.0501. The summed E-state index contributed by atoms with van der Waals surface area (Å²) in [4.78, 5) is 0. The summed E-state index contributed by atoms with van der Waals surface area (Å²) in [5.41, 5.74) is 2.29. The van der Waals surface area contributed by atoms with E-state index in [1.54, 1.807) is 31.4 Å². The van der Waals surface area contributed by atoms with Crippen molar-refractivity contribution in [2.75, 3.05) is 12.4 Å². The zero-order valence-corrected chi connectivity index (χ0v) is 13.4. The van der Waals surface area contributed by atoms with E-state index in [0.29, 0.717) is 5.75 Å². The Bertz CT molecular complexity index is 747. The van der Waals surface area contributed by atoms with Crippen molar-refractivity contribution in [2.24, 2.45) is 5.10 Å². The number of nitrogens with zero attached hydrogens (tertiary/aromatic N) is 1. The lowest BCUT2D eigenvalue weighted by molar-refractivity contribution is -0.136. The van der Waals surface area contributed by atoms with Crippen molar-refractivity contribution in [3.8, 4) is 5.75 Å². The van der Waals surface area contributed by atoms with Crippen LogP contribution in [0.15, 0.2) is 53.6 Å². The second-order valence-electron chi connectivity index (χ2n) is 4.64. The molecule has 4 nitrogen and oxygen atoms in total. The average molecular weight is 353 g/mol. The molecule has 2 aromatic rings. The second kappa shape index (κ2) is 7.78. The van der Waals surface area contributed by atoms with Crippen molar-refractivity contribution < 1.29 is 17.9 Å². The van der Waals surface area contributed by atoms with Gasteiger partial charge in [-0.2, -0.15) is 18.3 Å². The van der Waals surface area contributed by atoms with E-state index in [0.717, 1.165) is 11.6 Å². The number of thiocarbonyl (C=S) groups is 1. The Morgan fingerprint density at radius 2 is 1.92 bits per heavy atom. The number of halogens is 3. The van der Waals surface area contributed by atoms with Crippen LogP contribution in [0.4, 0.5) is 18.9 Å². The highest BCUT2D eigenvalue weighted by Crippen LogP contribution is 2.34. The molecule has 24 heavy (non-hydrogen) atoms. The molecule has 2 N–H and O–H groups in total. The quantitative estimate of drug-likeness (QED) is 0.495. The van der Waals surface area contributed by atoms with Crippen molar-refractivity contribution in [3.63, 3.8) is 0 Å². The maximum absolute atomic E-state index is 12.9. The third-order valence-corrected chi connectivity index (χ3v) is 3.15. The lowest BCUT2D eigenvalue weighted by Gasteiger charge is -2.14. The number of ether oxygens (including phenoxy) is 1. The van der Waals surface area contributed by atoms with Crippen LogP contribution >= 0.6 is 12.2 Å². The molecule has 2 aromatic carbocycles. The van der Waals surface area contributed by atoms with Gasteiger partial charge in [0.05, 0.1) is 24.6 Å². The standard InChI is InChI=1S/C16H14F3N3OS/c1-23-12-6-4-5-11(9-12)10-20-22-15(24)21-14-8-3-2-7-13(14)16(17,18)19/h2-10H,1H3,(H2,21,22,24)/b20-10+. The summed E-state index contributed by atoms with van der Waals surface area (Å²) >= 11 is 4.95. The number of para-hydroxylation sites is 1. The number of hydrazone groups is 1. The molecule has 0 bridgehead atoms. The van der Waals surface area contributed by atoms with Crippen LogP contribution < -0.4 is 15.5 Å². The molecule has 0 amide bonds. The highest BCUT2D eigenvalue weighted by atomic mass is 32.1. The van der Waals surface area contributed by atoms with Gasteiger partial charge < -0.3 is 10.1 Å². The first-order valence-electron chi connectivity index (χ1n) is 6.80. The normalized spacial score (nSPS) is 11.3. The van der Waals surface area contributed by atoms with Gasteiger partial charge in [-0.1, -0.05) is 24.3 Å². The second-order valence-corrected chi connectivity index (χ2v) is 5.05. The SMILES string of the molecule is COc1cccc(/C=N/NC(=S)Nc2ccccc2C(F)(F)F)c1. The van der Waals surface area contributed by atoms with E-state index in [1.807, 2.05) is 0 Å². The first-order valence-corrected chi connectivity index (χ1v) is 7.21. The Kier molecular flexibility index (Phi) is 5.75. The predicted molar refractivity (Wildman–Crippen MR) is 91.4 cm³/mol. The van der Waals surface area contributed by atoms with Crippen molar-refractivity contribution in [3.05, 3.63) is 59.7 Å². The highest BCUT2D eigenvalue weighted by Gasteiger charge is 2.33. The minimum Gasteiger partial charge on any atom is -0.497 e. The monoisotopic (exact) mass is 353 g/mol. The van der Waals surface area contributed by atoms with Crippen LogP contribution in [0.3, 0.4) is 0 Å². The molecule has 126 valence electrons. The maximum Gasteiger partial charge on any atom is 0.418 e. The lowest BCUT2D eigenvalue weighted by Crippen LogP contribution is -2.25. The summed E-state index contributed by atoms with van der Waals surface area (Å²) in [6.45, 7) is 0. The van der Waals surface area contributed by atoms with E-state index < -0.39 is 11.7 Å². The number of hydrogen-bond acceptors (Lipinski definition) is 3. The van der Waals surface area contributed by atoms with E-state index >= 15 is 0 Å². The van der Waals surface area contributed by atoms with Crippen molar-refractivity contribution in [2.45, 2.75) is 6.18 Å². The predicted octanol–water partition coefficient (Wildman–Crippen LogP) is 4.03. The number of rotatable bonds is 4. The van der Waals surface area contributed by atoms with Gasteiger partial charge in [-0.3, -0.25) is 5.43 Å². The average Bonchev–Trinajstić information content (AvgIpc) is 2.54. The summed E-state index contributed by atoms with van der Waals surface area (Å²) < 4.78 is 43.8. The number of benzene rings is 2. The van der Waals surface area contributed by atoms with E-state index in [1.165, 1.54) is 24.4 Å². The third-order valence-electron chi connectivity index (χ3n) is 2.95. The molecule has 0 aliphatic carbocycles. The van der Waals surface area contributed by atoms with Crippen LogP contribution in [0, 0.1) is 0 Å². The molecule has 8 heteroatoms. The first kappa shape index (κ1) is 17.7. The Balaban J connectivity index is 2.00. The molecular formula is C16H14F3N3OS. The number of nitrogens with one attached hydrogen (secondary N) is 2. The molecule has 0 aromatic heterocycles. The van der Waals surface area contributed by atoms with Crippen LogP contribution in [0.2, 0.25) is 0 Å². The zero-order valence-electron chi connectivity index (χ0n) is 12.6. The zero-order chi connectivity index (χ0) is 17.6. The molecule has 0 unspecified atom stereocenters. The Morgan fingerprint density at radius 3 is 2.62 bits per heavy atom. The van der Waals surface area contributed by atoms with Crippen molar-refractivity contribution >= 4 is 29.2 Å². The summed E-state index contributed by atoms with van der Waals surface area (Å²) in [7, 11) is 1.55. The summed E-state index contributed by atoms with van der Waals surface area (Å²) in [5, 5.41) is 6.33. The molecule has 0 aliphatic rings. The fraction of sp³-hybridized carbons (Fsp3) is 0.125. The Labute approximate surface area is 142 Å². The first-order chi connectivity index (χ1) is 11.4. The van der Waals surface area contributed by atoms with E-state index in [-0.39, 0.29) is 10.8 Å². The van der Waals surface area contributed by atoms with Crippen LogP contribution in [0.5, 0.6) is 5.75 Å². The Hall–Kier alpha value is -2.61. The summed E-state index contributed by atoms with van der Waals surface area (Å²) in [5.74, 6) is 0.666. The van der Waals surface area contributed by atoms with E-state index in [9.17, 15) is 13.2 Å². The van der Waals surface area contributed by atoms with Crippen LogP contribution in [-0.2, 0) is 6.18 Å². The van der Waals surface area contributed by atoms with Gasteiger partial charge in [-0.25, -0.2) is 0 Å². The maximum atomic E-state index is 12.9. The fourth-order valence-corrected chi connectivity index (χ4v) is 2.04. The summed E-state index contributed by atoms with van der Waals surface area (Å²) in [6, 6.07) is 12.2. The molecule has 0 atom stereocenters. The van der Waals surface area contributed by atoms with Crippen LogP contribution in [-0.4, -0.2) is 18.4 Å². The van der Waals surface area contributed by atoms with Gasteiger partial charge in [0.15, 0.2) is 5.11 Å². The smallest absolute Gasteiger partial charge is 0.418 e. The molecule has 0 saturated carbocycles. The van der Waals surface area contributed by atoms with Gasteiger partial charge in [0, 0.05) is 0 Å². The molecule has 2 rings (SSSR count). The molecule has 0 heterocycles. The Morgan fingerprint density at radius 1 is 1.17 bits per heavy atom. The molecule has 0 fully saturated rings. The van der Waals surface area contributed by atoms with Gasteiger partial charge in [0.2, 0.25) is 0 Å². The molecule has 0 saturated heterocycles. The van der Waals surface area contributed by atoms with Gasteiger partial charge in [-0.05, 0) is 42.0 Å². The highest BCUT2D eigenvalue weighted by molar-refractivity contribution is 7.80. The molecule has 0 spiro atoms. The number of methoxy groups -OCH3 is 1. The van der Waals surface area contributed by atoms with Crippen molar-refractivity contribution in [1.82, 2.24) is 5.43 Å². The van der Waals surface area contributed by atoms with Gasteiger partial charge >= 0.3 is 6.18 Å². The van der Waals surface area contributed by atoms with Gasteiger partial charge in [0.1, 0.15) is 5.75 Å². The van der Waals surface area contributed by atoms with Gasteiger partial charge in [0.25, 0.3) is 0 Å². The molecular weight excluding hydrogens is 339 g/mol. The van der Waals surface area contributed by atoms with Gasteiger partial charge in [-0.15, -0.1) is 0 Å². The topological polar surface area (TPSA) is 45.6 Å². The lowest BCUT2D eigenvalue weighted by atomic mass is 10.2. The number of alkyl halides is 3. The number of hydrogen-bond donors (Lipinski definition) is 2. The fourth-order valence-electron chi connectivity index (χ4n) is 1.88. The van der Waals surface area contributed by atoms with E-state index in [2.05, 4.69) is 15.8 Å². The number of anilines is 1. The van der Waals surface area contributed by atoms with Crippen LogP contribution in [0.25, 0.3) is 0 Å². The molecule has 0 aliphatic heterocycles. The molecule has 0 radical (unpaired) electrons. The van der Waals surface area contributed by atoms with Crippen molar-refractivity contribution in [1.29, 1.82) is 0 Å². The van der Waals surface area contributed by atoms with E-state index in [4.69, 9.17) is 17.0 Å². The summed E-state index contributed by atoms with van der Waals surface area (Å²) in [6.07, 6.45) is -2.99. The third kappa shape index (κ3) is 4.95. The van der Waals surface area contributed by atoms with Crippen LogP contribution in [0.1, 0.15) is 11.1 Å². The largest absolute Gasteiger partial charge is 0.497 e.